The van der Waals surface area contributed by atoms with Crippen LogP contribution in [0.1, 0.15) is 49.9 Å². The van der Waals surface area contributed by atoms with E-state index in [2.05, 4.69) is 23.7 Å². The van der Waals surface area contributed by atoms with Crippen LogP contribution in [0.25, 0.3) is 0 Å². The molecule has 2 bridgehead atoms. The van der Waals surface area contributed by atoms with Gasteiger partial charge in [-0.2, -0.15) is 0 Å². The van der Waals surface area contributed by atoms with Crippen molar-refractivity contribution in [3.63, 3.8) is 0 Å². The number of aromatic hydroxyl groups is 1. The minimum absolute atomic E-state index is 0.000808. The van der Waals surface area contributed by atoms with Gasteiger partial charge in [-0.25, -0.2) is 0 Å². The maximum atomic E-state index is 13.9. The predicted molar refractivity (Wildman–Crippen MR) is 129 cm³/mol. The van der Waals surface area contributed by atoms with Crippen LogP contribution in [0.2, 0.25) is 0 Å². The third-order valence-electron chi connectivity index (χ3n) is 7.65. The molecule has 2 heterocycles. The van der Waals surface area contributed by atoms with Crippen molar-refractivity contribution in [1.82, 2.24) is 0 Å². The number of ketones is 2. The number of nitrogens with two attached hydrogens (primary N) is 1. The van der Waals surface area contributed by atoms with E-state index in [9.17, 15) is 24.9 Å². The van der Waals surface area contributed by atoms with Crippen molar-refractivity contribution in [3.8, 4) is 29.4 Å². The number of nitrogens with zero attached hydrogens (tertiary/aromatic N) is 1. The van der Waals surface area contributed by atoms with Crippen LogP contribution in [0.4, 0.5) is 5.69 Å². The Morgan fingerprint density at radius 3 is 2.50 bits per heavy atom. The van der Waals surface area contributed by atoms with Gasteiger partial charge in [0.25, 0.3) is 0 Å². The van der Waals surface area contributed by atoms with E-state index in [0.717, 1.165) is 0 Å². The standard InChI is InChI=1S/C28H22N2O6/c1-14(31)27-20-7-5-3-4-6-8-21(33)28(27,36-27)18-12-19(32)22-23(24(18)30(20)2)25(34)16-10-9-15(13-29)11-17(16)26(22)35/h3-4,9-12,14,20-21,31-33H,13,29H2,1-2H3/b4-3-/t14-,20+,21-,27+,28+/m1/s1. The van der Waals surface area contributed by atoms with E-state index in [1.807, 2.05) is 0 Å². The molecule has 5 atom stereocenters. The lowest BCUT2D eigenvalue weighted by Gasteiger charge is -2.43. The Balaban J connectivity index is 1.69. The Labute approximate surface area is 207 Å². The first-order valence-corrected chi connectivity index (χ1v) is 11.5. The summed E-state index contributed by atoms with van der Waals surface area (Å²) in [7, 11) is 1.68. The monoisotopic (exact) mass is 482 g/mol. The number of epoxide rings is 1. The molecule has 2 aliphatic heterocycles. The van der Waals surface area contributed by atoms with Crippen molar-refractivity contribution in [2.45, 2.75) is 42.9 Å². The van der Waals surface area contributed by atoms with E-state index in [1.54, 1.807) is 30.1 Å². The number of phenols is 1. The zero-order valence-electron chi connectivity index (χ0n) is 19.5. The SMILES string of the molecule is C[C@@H](O)[C@@]12O[C@]13c1cc(O)c4c(c1N(C)[C@H]2C#C/C=C\C#C[C@H]3O)C(=O)c1ccc(CN)cc1C4=O. The molecule has 1 saturated heterocycles. The summed E-state index contributed by atoms with van der Waals surface area (Å²) in [5.74, 6) is 10.0. The molecular formula is C28H22N2O6. The number of hydrogen-bond acceptors (Lipinski definition) is 8. The summed E-state index contributed by atoms with van der Waals surface area (Å²) >= 11 is 0. The van der Waals surface area contributed by atoms with Gasteiger partial charge in [-0.15, -0.1) is 0 Å². The number of fused-ring (bicyclic) bond motifs is 4. The highest BCUT2D eigenvalue weighted by Gasteiger charge is 2.83. The first-order valence-electron chi connectivity index (χ1n) is 11.5. The van der Waals surface area contributed by atoms with Gasteiger partial charge in [0.1, 0.15) is 11.8 Å². The van der Waals surface area contributed by atoms with Crippen molar-refractivity contribution in [1.29, 1.82) is 0 Å². The first-order chi connectivity index (χ1) is 17.2. The van der Waals surface area contributed by atoms with Crippen molar-refractivity contribution in [2.24, 2.45) is 5.73 Å². The van der Waals surface area contributed by atoms with E-state index < -0.39 is 46.8 Å². The van der Waals surface area contributed by atoms with E-state index in [-0.39, 0.29) is 34.4 Å². The number of carbonyl (C=O) groups is 2. The van der Waals surface area contributed by atoms with Gasteiger partial charge >= 0.3 is 0 Å². The zero-order valence-corrected chi connectivity index (χ0v) is 19.5. The summed E-state index contributed by atoms with van der Waals surface area (Å²) in [5, 5.41) is 33.3. The van der Waals surface area contributed by atoms with Gasteiger partial charge < -0.3 is 30.7 Å². The number of ether oxygens (including phenoxy) is 1. The van der Waals surface area contributed by atoms with Crippen molar-refractivity contribution in [3.05, 3.63) is 69.8 Å². The number of allylic oxidation sites excluding steroid dienone is 2. The smallest absolute Gasteiger partial charge is 0.198 e. The van der Waals surface area contributed by atoms with Gasteiger partial charge in [0.05, 0.1) is 22.9 Å². The van der Waals surface area contributed by atoms with Crippen LogP contribution < -0.4 is 10.6 Å². The molecule has 8 nitrogen and oxygen atoms in total. The second-order valence-corrected chi connectivity index (χ2v) is 9.42. The zero-order chi connectivity index (χ0) is 25.6. The Morgan fingerprint density at radius 2 is 1.81 bits per heavy atom. The highest BCUT2D eigenvalue weighted by atomic mass is 16.7. The van der Waals surface area contributed by atoms with Crippen LogP contribution in [0.15, 0.2) is 36.4 Å². The van der Waals surface area contributed by atoms with Crippen LogP contribution in [0.5, 0.6) is 5.75 Å². The normalized spacial score (nSPS) is 30.3. The Bertz CT molecular complexity index is 1550. The van der Waals surface area contributed by atoms with Crippen molar-refractivity contribution in [2.75, 3.05) is 11.9 Å². The summed E-state index contributed by atoms with van der Waals surface area (Å²) in [6, 6.07) is 5.33. The topological polar surface area (TPSA) is 137 Å². The second kappa shape index (κ2) is 7.30. The molecule has 2 aliphatic carbocycles. The van der Waals surface area contributed by atoms with Crippen molar-refractivity contribution >= 4 is 17.3 Å². The number of hydrogen-bond donors (Lipinski definition) is 4. The number of phenolic OH excluding ortho intramolecular Hbond substituents is 1. The van der Waals surface area contributed by atoms with Crippen LogP contribution in [0, 0.1) is 23.7 Å². The summed E-state index contributed by atoms with van der Waals surface area (Å²) in [4.78, 5) is 29.1. The van der Waals surface area contributed by atoms with Crippen LogP contribution in [0.3, 0.4) is 0 Å². The average Bonchev–Trinajstić information content (AvgIpc) is 3.58. The van der Waals surface area contributed by atoms with Gasteiger partial charge in [-0.3, -0.25) is 9.59 Å². The Hall–Kier alpha value is -3.92. The molecular weight excluding hydrogens is 460 g/mol. The Kier molecular flexibility index (Phi) is 4.57. The summed E-state index contributed by atoms with van der Waals surface area (Å²) in [6.07, 6.45) is 0.511. The van der Waals surface area contributed by atoms with Crippen LogP contribution in [-0.2, 0) is 16.9 Å². The third kappa shape index (κ3) is 2.49. The fraction of sp³-hybridized carbons (Fsp3) is 0.286. The van der Waals surface area contributed by atoms with E-state index >= 15 is 0 Å². The molecule has 1 fully saturated rings. The molecule has 0 amide bonds. The third-order valence-corrected chi connectivity index (χ3v) is 7.65. The van der Waals surface area contributed by atoms with E-state index in [4.69, 9.17) is 10.5 Å². The molecule has 8 heteroatoms. The van der Waals surface area contributed by atoms with Crippen LogP contribution >= 0.6 is 0 Å². The number of aliphatic hydroxyl groups is 2. The first kappa shape index (κ1) is 22.5. The molecule has 0 spiro atoms. The molecule has 0 aromatic heterocycles. The molecule has 36 heavy (non-hydrogen) atoms. The summed E-state index contributed by atoms with van der Waals surface area (Å²) in [5.41, 5.74) is 4.22. The lowest BCUT2D eigenvalue weighted by Crippen LogP contribution is -2.58. The number of benzene rings is 2. The molecule has 2 aromatic rings. The number of rotatable bonds is 2. The number of likely N-dealkylation sites (N-methyl/N-ethyl adjacent to an activating group) is 1. The second-order valence-electron chi connectivity index (χ2n) is 9.42. The van der Waals surface area contributed by atoms with Crippen molar-refractivity contribution < 1.29 is 29.6 Å². The van der Waals surface area contributed by atoms with Gasteiger partial charge in [-0.1, -0.05) is 29.7 Å². The van der Waals surface area contributed by atoms with E-state index in [1.165, 1.54) is 25.1 Å². The minimum atomic E-state index is -1.58. The molecule has 4 aliphatic rings. The molecule has 0 radical (unpaired) electrons. The molecule has 5 N–H and O–H groups in total. The largest absolute Gasteiger partial charge is 0.507 e. The maximum absolute atomic E-state index is 13.9. The Morgan fingerprint density at radius 1 is 1.11 bits per heavy atom. The highest BCUT2D eigenvalue weighted by molar-refractivity contribution is 6.31. The molecule has 0 saturated carbocycles. The summed E-state index contributed by atoms with van der Waals surface area (Å²) < 4.78 is 6.23. The number of aliphatic hydroxyl groups excluding tert-OH is 2. The van der Waals surface area contributed by atoms with E-state index in [0.29, 0.717) is 11.3 Å². The quantitative estimate of drug-likeness (QED) is 0.310. The lowest BCUT2D eigenvalue weighted by molar-refractivity contribution is 0.0821. The van der Waals surface area contributed by atoms with Gasteiger partial charge in [0, 0.05) is 30.3 Å². The highest BCUT2D eigenvalue weighted by Crippen LogP contribution is 2.68. The predicted octanol–water partition coefficient (Wildman–Crippen LogP) is 0.727. The average molecular weight is 482 g/mol. The fourth-order valence-corrected chi connectivity index (χ4v) is 6.00. The van der Waals surface area contributed by atoms with Crippen LogP contribution in [-0.4, -0.2) is 57.8 Å². The molecule has 6 rings (SSSR count). The maximum Gasteiger partial charge on any atom is 0.198 e. The minimum Gasteiger partial charge on any atom is -0.507 e. The summed E-state index contributed by atoms with van der Waals surface area (Å²) in [6.45, 7) is 1.73. The molecule has 180 valence electrons. The number of anilines is 1. The number of carbonyl (C=O) groups excluding carboxylic acids is 2. The lowest BCUT2D eigenvalue weighted by atomic mass is 9.69. The van der Waals surface area contributed by atoms with Gasteiger partial charge in [0.2, 0.25) is 0 Å². The fourth-order valence-electron chi connectivity index (χ4n) is 6.00. The molecule has 2 aromatic carbocycles. The van der Waals surface area contributed by atoms with Gasteiger partial charge in [-0.05, 0) is 42.8 Å². The van der Waals surface area contributed by atoms with Gasteiger partial charge in [0.15, 0.2) is 28.9 Å². The molecule has 0 unspecified atom stereocenters.